The van der Waals surface area contributed by atoms with E-state index >= 15 is 0 Å². The molecule has 1 rings (SSSR count). The molecule has 0 aromatic rings. The van der Waals surface area contributed by atoms with Crippen molar-refractivity contribution in [2.24, 2.45) is 0 Å². The van der Waals surface area contributed by atoms with Crippen LogP contribution in [0.3, 0.4) is 0 Å². The summed E-state index contributed by atoms with van der Waals surface area (Å²) in [5.41, 5.74) is 0. The molecule has 2 amide bonds. The van der Waals surface area contributed by atoms with Crippen LogP contribution in [0.1, 0.15) is 19.8 Å². The molecule has 5 heteroatoms. The van der Waals surface area contributed by atoms with E-state index < -0.39 is 0 Å². The minimum atomic E-state index is -0.0771. The van der Waals surface area contributed by atoms with Gasteiger partial charge in [0.25, 0.3) is 0 Å². The molecule has 0 heterocycles. The van der Waals surface area contributed by atoms with Gasteiger partial charge in [0.15, 0.2) is 0 Å². The van der Waals surface area contributed by atoms with Gasteiger partial charge >= 0.3 is 0 Å². The minimum absolute atomic E-state index is 0.0307. The Bertz CT molecular complexity index is 214. The highest BCUT2D eigenvalue weighted by Crippen LogP contribution is 2.17. The Morgan fingerprint density at radius 3 is 2.43 bits per heavy atom. The van der Waals surface area contributed by atoms with Crippen molar-refractivity contribution in [3.63, 3.8) is 0 Å². The van der Waals surface area contributed by atoms with Gasteiger partial charge in [-0.15, -0.1) is 0 Å². The number of nitrogens with one attached hydrogen (secondary N) is 3. The molecule has 0 bridgehead atoms. The monoisotopic (exact) mass is 199 g/mol. The molecule has 80 valence electrons. The third-order valence-corrected chi connectivity index (χ3v) is 1.89. The van der Waals surface area contributed by atoms with Crippen molar-refractivity contribution in [1.29, 1.82) is 0 Å². The molecule has 3 N–H and O–H groups in total. The van der Waals surface area contributed by atoms with E-state index in [-0.39, 0.29) is 24.9 Å². The third-order valence-electron chi connectivity index (χ3n) is 1.89. The first kappa shape index (κ1) is 11.0. The molecule has 0 aliphatic heterocycles. The van der Waals surface area contributed by atoms with Gasteiger partial charge in [0.2, 0.25) is 11.8 Å². The van der Waals surface area contributed by atoms with Crippen LogP contribution < -0.4 is 16.0 Å². The zero-order chi connectivity index (χ0) is 10.4. The molecule has 0 radical (unpaired) electrons. The predicted octanol–water partition coefficient (Wildman–Crippen LogP) is -1.01. The smallest absolute Gasteiger partial charge is 0.234 e. The van der Waals surface area contributed by atoms with Gasteiger partial charge in [0.1, 0.15) is 0 Å². The number of carbonyl (C=O) groups excluding carboxylic acids is 2. The molecule has 0 unspecified atom stereocenters. The number of hydrogen-bond donors (Lipinski definition) is 3. The first-order valence-corrected chi connectivity index (χ1v) is 4.99. The summed E-state index contributed by atoms with van der Waals surface area (Å²) in [6.07, 6.45) is 2.17. The van der Waals surface area contributed by atoms with Crippen molar-refractivity contribution in [2.45, 2.75) is 25.8 Å². The van der Waals surface area contributed by atoms with Gasteiger partial charge in [0.05, 0.1) is 13.1 Å². The van der Waals surface area contributed by atoms with E-state index in [1.807, 2.05) is 6.92 Å². The predicted molar refractivity (Wildman–Crippen MR) is 52.7 cm³/mol. The first-order chi connectivity index (χ1) is 6.72. The lowest BCUT2D eigenvalue weighted by molar-refractivity contribution is -0.121. The lowest BCUT2D eigenvalue weighted by atomic mass is 10.5. The zero-order valence-electron chi connectivity index (χ0n) is 8.43. The standard InChI is InChI=1S/C9H17N3O2/c1-2-11-8(13)5-10-6-9(14)12-7-3-4-7/h7,10H,2-6H2,1H3,(H,11,13)(H,12,14). The van der Waals surface area contributed by atoms with Crippen molar-refractivity contribution in [1.82, 2.24) is 16.0 Å². The Morgan fingerprint density at radius 2 is 1.86 bits per heavy atom. The summed E-state index contributed by atoms with van der Waals surface area (Å²) in [5, 5.41) is 8.24. The van der Waals surface area contributed by atoms with Gasteiger partial charge in [-0.05, 0) is 19.8 Å². The van der Waals surface area contributed by atoms with Crippen molar-refractivity contribution in [3.05, 3.63) is 0 Å². The molecule has 5 nitrogen and oxygen atoms in total. The molecule has 14 heavy (non-hydrogen) atoms. The van der Waals surface area contributed by atoms with Crippen molar-refractivity contribution in [2.75, 3.05) is 19.6 Å². The fraction of sp³-hybridized carbons (Fsp3) is 0.778. The second-order valence-electron chi connectivity index (χ2n) is 3.40. The average Bonchev–Trinajstić information content (AvgIpc) is 2.88. The topological polar surface area (TPSA) is 70.2 Å². The van der Waals surface area contributed by atoms with Crippen LogP contribution in [-0.4, -0.2) is 37.5 Å². The van der Waals surface area contributed by atoms with E-state index in [1.165, 1.54) is 0 Å². The van der Waals surface area contributed by atoms with Crippen molar-refractivity contribution < 1.29 is 9.59 Å². The molecule has 0 saturated heterocycles. The molecule has 1 fully saturated rings. The molecular weight excluding hydrogens is 182 g/mol. The van der Waals surface area contributed by atoms with Crippen LogP contribution in [0, 0.1) is 0 Å². The van der Waals surface area contributed by atoms with Crippen LogP contribution in [0.5, 0.6) is 0 Å². The summed E-state index contributed by atoms with van der Waals surface area (Å²) < 4.78 is 0. The molecule has 0 aromatic heterocycles. The summed E-state index contributed by atoms with van der Waals surface area (Å²) >= 11 is 0. The summed E-state index contributed by atoms with van der Waals surface area (Å²) in [6.45, 7) is 2.89. The number of carbonyl (C=O) groups is 2. The highest BCUT2D eigenvalue weighted by atomic mass is 16.2. The van der Waals surface area contributed by atoms with E-state index in [0.717, 1.165) is 12.8 Å². The lowest BCUT2D eigenvalue weighted by Crippen LogP contribution is -2.40. The van der Waals surface area contributed by atoms with Crippen LogP contribution in [0.25, 0.3) is 0 Å². The van der Waals surface area contributed by atoms with Gasteiger partial charge in [-0.2, -0.15) is 0 Å². The maximum absolute atomic E-state index is 11.1. The second kappa shape index (κ2) is 5.59. The average molecular weight is 199 g/mol. The fourth-order valence-electron chi connectivity index (χ4n) is 1.06. The van der Waals surface area contributed by atoms with Gasteiger partial charge in [-0.3, -0.25) is 14.9 Å². The van der Waals surface area contributed by atoms with Gasteiger partial charge in [-0.1, -0.05) is 0 Å². The van der Waals surface area contributed by atoms with Crippen LogP contribution in [0.4, 0.5) is 0 Å². The molecule has 1 aliphatic rings. The van der Waals surface area contributed by atoms with Crippen molar-refractivity contribution in [3.8, 4) is 0 Å². The minimum Gasteiger partial charge on any atom is -0.355 e. The van der Waals surface area contributed by atoms with E-state index in [4.69, 9.17) is 0 Å². The van der Waals surface area contributed by atoms with Gasteiger partial charge in [0, 0.05) is 12.6 Å². The largest absolute Gasteiger partial charge is 0.355 e. The van der Waals surface area contributed by atoms with Crippen LogP contribution in [0.2, 0.25) is 0 Å². The Labute approximate surface area is 83.6 Å². The van der Waals surface area contributed by atoms with E-state index in [9.17, 15) is 9.59 Å². The Balaban J connectivity index is 1.96. The third kappa shape index (κ3) is 4.81. The molecule has 0 atom stereocenters. The Morgan fingerprint density at radius 1 is 1.21 bits per heavy atom. The summed E-state index contributed by atoms with van der Waals surface area (Å²) in [7, 11) is 0. The molecule has 1 saturated carbocycles. The number of amides is 2. The maximum atomic E-state index is 11.1. The first-order valence-electron chi connectivity index (χ1n) is 4.99. The van der Waals surface area contributed by atoms with E-state index in [0.29, 0.717) is 12.6 Å². The van der Waals surface area contributed by atoms with E-state index in [1.54, 1.807) is 0 Å². The lowest BCUT2D eigenvalue weighted by Gasteiger charge is -2.05. The Hall–Kier alpha value is -1.10. The normalized spacial score (nSPS) is 14.9. The van der Waals surface area contributed by atoms with Crippen LogP contribution >= 0.6 is 0 Å². The quantitative estimate of drug-likeness (QED) is 0.513. The SMILES string of the molecule is CCNC(=O)CNCC(=O)NC1CC1. The molecule has 0 aromatic carbocycles. The summed E-state index contributed by atoms with van der Waals surface area (Å²) in [4.78, 5) is 22.1. The number of hydrogen-bond acceptors (Lipinski definition) is 3. The molecule has 0 spiro atoms. The van der Waals surface area contributed by atoms with E-state index in [2.05, 4.69) is 16.0 Å². The van der Waals surface area contributed by atoms with Crippen LogP contribution in [-0.2, 0) is 9.59 Å². The molecular formula is C9H17N3O2. The second-order valence-corrected chi connectivity index (χ2v) is 3.40. The highest BCUT2D eigenvalue weighted by molar-refractivity contribution is 5.81. The van der Waals surface area contributed by atoms with Gasteiger partial charge in [-0.25, -0.2) is 0 Å². The van der Waals surface area contributed by atoms with Crippen molar-refractivity contribution >= 4 is 11.8 Å². The summed E-state index contributed by atoms with van der Waals surface area (Å²) in [5.74, 6) is -0.108. The number of likely N-dealkylation sites (N-methyl/N-ethyl adjacent to an activating group) is 1. The highest BCUT2D eigenvalue weighted by Gasteiger charge is 2.22. The maximum Gasteiger partial charge on any atom is 0.234 e. The van der Waals surface area contributed by atoms with Gasteiger partial charge < -0.3 is 10.6 Å². The fourth-order valence-corrected chi connectivity index (χ4v) is 1.06. The van der Waals surface area contributed by atoms with Crippen LogP contribution in [0.15, 0.2) is 0 Å². The summed E-state index contributed by atoms with van der Waals surface area (Å²) in [6, 6.07) is 0.383. The molecule has 1 aliphatic carbocycles. The zero-order valence-corrected chi connectivity index (χ0v) is 8.43. The number of rotatable bonds is 6. The Kier molecular flexibility index (Phi) is 4.39.